The molecule has 0 saturated carbocycles. The Morgan fingerprint density at radius 2 is 2.08 bits per heavy atom. The lowest BCUT2D eigenvalue weighted by molar-refractivity contribution is -0.142. The molecule has 0 radical (unpaired) electrons. The summed E-state index contributed by atoms with van der Waals surface area (Å²) >= 11 is 1.16. The van der Waals surface area contributed by atoms with E-state index in [1.54, 1.807) is 25.1 Å². The van der Waals surface area contributed by atoms with Crippen LogP contribution in [0, 0.1) is 0 Å². The third-order valence-electron chi connectivity index (χ3n) is 2.84. The Morgan fingerprint density at radius 3 is 2.76 bits per heavy atom. The number of urea groups is 1. The molecule has 136 valence electrons. The summed E-state index contributed by atoms with van der Waals surface area (Å²) in [5, 5.41) is 5.44. The number of esters is 1. The molecule has 9 nitrogen and oxygen atoms in total. The minimum Gasteiger partial charge on any atom is -0.466 e. The molecule has 0 aliphatic rings. The smallest absolute Gasteiger partial charge is 0.319 e. The Labute approximate surface area is 148 Å². The van der Waals surface area contributed by atoms with Crippen LogP contribution >= 0.6 is 11.3 Å². The van der Waals surface area contributed by atoms with Crippen LogP contribution in [0.5, 0.6) is 0 Å². The first-order valence-electron chi connectivity index (χ1n) is 7.35. The van der Waals surface area contributed by atoms with Gasteiger partial charge in [0.05, 0.1) is 29.5 Å². The molecular weight excluding hydrogens is 368 g/mol. The molecule has 0 saturated heterocycles. The first-order chi connectivity index (χ1) is 11.8. The zero-order chi connectivity index (χ0) is 18.4. The molecule has 0 spiro atoms. The molecule has 25 heavy (non-hydrogen) atoms. The highest BCUT2D eigenvalue weighted by Gasteiger charge is 2.10. The zero-order valence-electron chi connectivity index (χ0n) is 13.7. The van der Waals surface area contributed by atoms with Crippen molar-refractivity contribution < 1.29 is 22.7 Å². The molecule has 2 rings (SSSR count). The molecule has 0 aliphatic carbocycles. The van der Waals surface area contributed by atoms with Crippen molar-refractivity contribution in [2.75, 3.05) is 29.4 Å². The van der Waals surface area contributed by atoms with Gasteiger partial charge in [0.25, 0.3) is 0 Å². The molecule has 0 atom stereocenters. The number of carbonyl (C=O) groups is 2. The van der Waals surface area contributed by atoms with Gasteiger partial charge in [0.15, 0.2) is 5.13 Å². The van der Waals surface area contributed by atoms with Gasteiger partial charge in [-0.3, -0.25) is 9.52 Å². The lowest BCUT2D eigenvalue weighted by Crippen LogP contribution is -2.30. The lowest BCUT2D eigenvalue weighted by Gasteiger charge is -2.07. The van der Waals surface area contributed by atoms with Crippen LogP contribution in [0.4, 0.5) is 15.6 Å². The van der Waals surface area contributed by atoms with E-state index >= 15 is 0 Å². The molecule has 1 heterocycles. The third-order valence-corrected chi connectivity index (χ3v) is 4.47. The summed E-state index contributed by atoms with van der Waals surface area (Å²) in [4.78, 5) is 27.1. The summed E-state index contributed by atoms with van der Waals surface area (Å²) in [6.45, 7) is 2.18. The van der Waals surface area contributed by atoms with E-state index in [4.69, 9.17) is 4.74 Å². The predicted octanol–water partition coefficient (Wildman–Crippen LogP) is 1.74. The summed E-state index contributed by atoms with van der Waals surface area (Å²) in [7, 11) is -3.40. The Balaban J connectivity index is 1.94. The number of benzene rings is 1. The average Bonchev–Trinajstić information content (AvgIpc) is 2.86. The number of nitrogens with one attached hydrogen (secondary N) is 3. The van der Waals surface area contributed by atoms with E-state index in [0.29, 0.717) is 17.8 Å². The van der Waals surface area contributed by atoms with Crippen LogP contribution in [0.25, 0.3) is 10.2 Å². The van der Waals surface area contributed by atoms with Gasteiger partial charge in [-0.25, -0.2) is 18.2 Å². The van der Waals surface area contributed by atoms with Crippen molar-refractivity contribution in [1.29, 1.82) is 0 Å². The molecule has 11 heteroatoms. The van der Waals surface area contributed by atoms with E-state index in [2.05, 4.69) is 20.3 Å². The summed E-state index contributed by atoms with van der Waals surface area (Å²) in [6.07, 6.45) is 1.14. The van der Waals surface area contributed by atoms with Crippen LogP contribution in [0.2, 0.25) is 0 Å². The van der Waals surface area contributed by atoms with Gasteiger partial charge in [-0.15, -0.1) is 0 Å². The molecule has 0 bridgehead atoms. The van der Waals surface area contributed by atoms with Gasteiger partial charge in [-0.05, 0) is 25.1 Å². The van der Waals surface area contributed by atoms with Crippen molar-refractivity contribution in [1.82, 2.24) is 10.3 Å². The second-order valence-corrected chi connectivity index (χ2v) is 7.79. The number of rotatable bonds is 7. The number of fused-ring (bicyclic) bond motifs is 1. The summed E-state index contributed by atoms with van der Waals surface area (Å²) in [5.41, 5.74) is 1.14. The predicted molar refractivity (Wildman–Crippen MR) is 96.4 cm³/mol. The van der Waals surface area contributed by atoms with Crippen LogP contribution in [-0.2, 0) is 19.6 Å². The van der Waals surface area contributed by atoms with Crippen molar-refractivity contribution in [2.45, 2.75) is 13.3 Å². The molecule has 0 unspecified atom stereocenters. The fraction of sp³-hybridized carbons (Fsp3) is 0.357. The van der Waals surface area contributed by atoms with Gasteiger partial charge >= 0.3 is 12.0 Å². The highest BCUT2D eigenvalue weighted by atomic mass is 32.2. The molecule has 0 aliphatic heterocycles. The van der Waals surface area contributed by atoms with Crippen molar-refractivity contribution in [3.63, 3.8) is 0 Å². The van der Waals surface area contributed by atoms with Crippen LogP contribution in [-0.4, -0.2) is 44.8 Å². The summed E-state index contributed by atoms with van der Waals surface area (Å²) in [6, 6.07) is 4.55. The van der Waals surface area contributed by atoms with Crippen molar-refractivity contribution >= 4 is 54.4 Å². The standard InChI is InChI=1S/C14H18N4O5S2/c1-3-23-12(19)6-7-15-13(20)16-9-4-5-10-11(8-9)24-14(17-10)18-25(2,21)22/h4-5,8H,3,6-7H2,1-2H3,(H,17,18)(H2,15,16,20). The van der Waals surface area contributed by atoms with Gasteiger partial charge in [-0.1, -0.05) is 11.3 Å². The maximum Gasteiger partial charge on any atom is 0.319 e. The van der Waals surface area contributed by atoms with E-state index in [1.807, 2.05) is 0 Å². The van der Waals surface area contributed by atoms with Crippen molar-refractivity contribution in [2.24, 2.45) is 0 Å². The van der Waals surface area contributed by atoms with Gasteiger partial charge in [0.1, 0.15) is 0 Å². The van der Waals surface area contributed by atoms with Gasteiger partial charge in [0, 0.05) is 12.2 Å². The number of amides is 2. The fourth-order valence-corrected chi connectivity index (χ4v) is 3.63. The van der Waals surface area contributed by atoms with Gasteiger partial charge in [0.2, 0.25) is 10.0 Å². The average molecular weight is 386 g/mol. The number of carbonyl (C=O) groups excluding carboxylic acids is 2. The highest BCUT2D eigenvalue weighted by molar-refractivity contribution is 7.92. The molecule has 3 N–H and O–H groups in total. The van der Waals surface area contributed by atoms with Gasteiger partial charge in [-0.2, -0.15) is 0 Å². The quantitative estimate of drug-likeness (QED) is 0.622. The highest BCUT2D eigenvalue weighted by Crippen LogP contribution is 2.28. The number of sulfonamides is 1. The SMILES string of the molecule is CCOC(=O)CCNC(=O)Nc1ccc2nc(NS(C)(=O)=O)sc2c1. The van der Waals surface area contributed by atoms with E-state index in [0.717, 1.165) is 22.3 Å². The van der Waals surface area contributed by atoms with Crippen molar-refractivity contribution in [3.05, 3.63) is 18.2 Å². The lowest BCUT2D eigenvalue weighted by atomic mass is 10.3. The van der Waals surface area contributed by atoms with Crippen LogP contribution in [0.15, 0.2) is 18.2 Å². The van der Waals surface area contributed by atoms with E-state index in [-0.39, 0.29) is 24.1 Å². The maximum absolute atomic E-state index is 11.8. The number of hydrogen-bond acceptors (Lipinski definition) is 7. The van der Waals surface area contributed by atoms with Crippen molar-refractivity contribution in [3.8, 4) is 0 Å². The Bertz CT molecular complexity index is 878. The third kappa shape index (κ3) is 6.19. The Hall–Kier alpha value is -2.40. The summed E-state index contributed by atoms with van der Waals surface area (Å²) in [5.74, 6) is -0.375. The maximum atomic E-state index is 11.8. The molecule has 0 fully saturated rings. The number of nitrogens with zero attached hydrogens (tertiary/aromatic N) is 1. The zero-order valence-corrected chi connectivity index (χ0v) is 15.3. The molecule has 1 aromatic heterocycles. The number of aromatic nitrogens is 1. The monoisotopic (exact) mass is 386 g/mol. The molecular formula is C14H18N4O5S2. The second kappa shape index (κ2) is 8.12. The Kier molecular flexibility index (Phi) is 6.15. The molecule has 1 aromatic carbocycles. The van der Waals surface area contributed by atoms with E-state index < -0.39 is 16.1 Å². The minimum absolute atomic E-state index is 0.0929. The largest absolute Gasteiger partial charge is 0.466 e. The normalized spacial score (nSPS) is 11.1. The van der Waals surface area contributed by atoms with Gasteiger partial charge < -0.3 is 15.4 Å². The van der Waals surface area contributed by atoms with Crippen LogP contribution in [0.3, 0.4) is 0 Å². The van der Waals surface area contributed by atoms with Crippen LogP contribution in [0.1, 0.15) is 13.3 Å². The Morgan fingerprint density at radius 1 is 1.32 bits per heavy atom. The number of hydrogen-bond donors (Lipinski definition) is 3. The second-order valence-electron chi connectivity index (χ2n) is 5.01. The first-order valence-corrected chi connectivity index (χ1v) is 10.1. The number of ether oxygens (including phenoxy) is 1. The van der Waals surface area contributed by atoms with E-state index in [9.17, 15) is 18.0 Å². The number of anilines is 2. The summed E-state index contributed by atoms with van der Waals surface area (Å²) < 4.78 is 30.3. The topological polar surface area (TPSA) is 126 Å². The number of thiazole rings is 1. The molecule has 2 aromatic rings. The fourth-order valence-electron chi connectivity index (χ4n) is 1.89. The van der Waals surface area contributed by atoms with E-state index in [1.165, 1.54) is 0 Å². The molecule has 2 amide bonds. The minimum atomic E-state index is -3.40. The first kappa shape index (κ1) is 18.9. The van der Waals surface area contributed by atoms with Crippen LogP contribution < -0.4 is 15.4 Å².